The quantitative estimate of drug-likeness (QED) is 0.246. The number of ether oxygens (including phenoxy) is 1. The van der Waals surface area contributed by atoms with Crippen molar-refractivity contribution in [3.8, 4) is 0 Å². The summed E-state index contributed by atoms with van der Waals surface area (Å²) in [4.78, 5) is 17.0. The van der Waals surface area contributed by atoms with E-state index in [1.54, 1.807) is 4.90 Å². The van der Waals surface area contributed by atoms with Gasteiger partial charge in [0.2, 0.25) is 5.76 Å². The maximum atomic E-state index is 13.7. The van der Waals surface area contributed by atoms with Gasteiger partial charge < -0.3 is 15.0 Å². The molecule has 0 aromatic heterocycles. The van der Waals surface area contributed by atoms with E-state index in [4.69, 9.17) is 4.74 Å². The number of aryl methyl sites for hydroxylation is 3. The van der Waals surface area contributed by atoms with E-state index in [0.29, 0.717) is 12.2 Å². The van der Waals surface area contributed by atoms with Gasteiger partial charge in [0.15, 0.2) is 11.6 Å². The molecule has 0 aliphatic carbocycles. The summed E-state index contributed by atoms with van der Waals surface area (Å²) in [6.07, 6.45) is 3.51. The number of rotatable bonds is 10. The van der Waals surface area contributed by atoms with E-state index in [9.17, 15) is 13.6 Å². The Morgan fingerprint density at radius 2 is 1.94 bits per heavy atom. The normalized spacial score (nSPS) is 11.2. The van der Waals surface area contributed by atoms with Gasteiger partial charge in [-0.3, -0.25) is 4.79 Å². The fourth-order valence-corrected chi connectivity index (χ4v) is 3.27. The van der Waals surface area contributed by atoms with Gasteiger partial charge in [-0.2, -0.15) is 0 Å². The average Bonchev–Trinajstić information content (AvgIpc) is 2.74. The minimum absolute atomic E-state index is 0.00770. The van der Waals surface area contributed by atoms with Gasteiger partial charge in [0.25, 0.3) is 0 Å². The van der Waals surface area contributed by atoms with Crippen LogP contribution in [0.25, 0.3) is 0 Å². The fourth-order valence-electron chi connectivity index (χ4n) is 3.27. The van der Waals surface area contributed by atoms with Crippen molar-refractivity contribution in [1.82, 2.24) is 4.90 Å². The highest BCUT2D eigenvalue weighted by atomic mass is 19.2. The number of amides is 1. The van der Waals surface area contributed by atoms with E-state index in [0.717, 1.165) is 36.2 Å². The smallest absolute Gasteiger partial charge is 0.312 e. The van der Waals surface area contributed by atoms with Crippen LogP contribution in [0.3, 0.4) is 0 Å². The van der Waals surface area contributed by atoms with Gasteiger partial charge in [0.1, 0.15) is 0 Å². The van der Waals surface area contributed by atoms with Crippen LogP contribution in [0.5, 0.6) is 0 Å². The second-order valence-electron chi connectivity index (χ2n) is 7.33. The first-order valence-electron chi connectivity index (χ1n) is 10.1. The van der Waals surface area contributed by atoms with Crippen molar-refractivity contribution in [2.45, 2.75) is 40.2 Å². The van der Waals surface area contributed by atoms with Gasteiger partial charge >= 0.3 is 5.91 Å². The number of halogens is 2. The van der Waals surface area contributed by atoms with E-state index in [2.05, 4.69) is 43.0 Å². The van der Waals surface area contributed by atoms with Crippen LogP contribution in [-0.2, 0) is 22.5 Å². The summed E-state index contributed by atoms with van der Waals surface area (Å²) in [5, 5.41) is 3.37. The number of carbonyl (C=O) groups is 1. The summed E-state index contributed by atoms with van der Waals surface area (Å²) in [7, 11) is 1.36. The fraction of sp³-hybridized carbons (Fsp3) is 0.333. The van der Waals surface area contributed by atoms with Crippen molar-refractivity contribution in [3.63, 3.8) is 0 Å². The summed E-state index contributed by atoms with van der Waals surface area (Å²) in [6, 6.07) is 7.97. The second-order valence-corrected chi connectivity index (χ2v) is 7.33. The molecule has 166 valence electrons. The summed E-state index contributed by atoms with van der Waals surface area (Å²) in [6.45, 7) is 10.0. The first-order chi connectivity index (χ1) is 14.8. The predicted molar refractivity (Wildman–Crippen MR) is 120 cm³/mol. The summed E-state index contributed by atoms with van der Waals surface area (Å²) in [5.74, 6) is -2.46. The lowest BCUT2D eigenvalue weighted by Crippen LogP contribution is -2.26. The standard InChI is InChI=1S/C24H29F2N3O2/c1-6-7-19-12-22(17(3)10-16(19)2)28-15-29(14-23(31-5)24(30)27-4)13-18-8-9-20(25)21(26)11-18/h8-12,14,28H,4,6-7,13,15H2,1-3,5H3/b23-14+. The molecular formula is C24H29F2N3O2. The van der Waals surface area contributed by atoms with Crippen molar-refractivity contribution < 1.29 is 18.3 Å². The van der Waals surface area contributed by atoms with Crippen molar-refractivity contribution in [2.24, 2.45) is 4.99 Å². The molecule has 0 bridgehead atoms. The Hall–Kier alpha value is -3.22. The average molecular weight is 430 g/mol. The molecule has 0 aliphatic heterocycles. The highest BCUT2D eigenvalue weighted by Crippen LogP contribution is 2.22. The first kappa shape index (κ1) is 24.1. The third kappa shape index (κ3) is 6.64. The summed E-state index contributed by atoms with van der Waals surface area (Å²) < 4.78 is 32.1. The number of hydrogen-bond donors (Lipinski definition) is 1. The minimum Gasteiger partial charge on any atom is -0.490 e. The van der Waals surface area contributed by atoms with Crippen LogP contribution in [-0.4, -0.2) is 31.3 Å². The molecule has 7 heteroatoms. The Morgan fingerprint density at radius 3 is 2.55 bits per heavy atom. The van der Waals surface area contributed by atoms with Gasteiger partial charge in [-0.25, -0.2) is 13.8 Å². The van der Waals surface area contributed by atoms with Crippen LogP contribution in [0.1, 0.15) is 35.6 Å². The number of nitrogens with zero attached hydrogens (tertiary/aromatic N) is 2. The molecule has 1 N–H and O–H groups in total. The molecule has 0 saturated heterocycles. The zero-order chi connectivity index (χ0) is 23.0. The Kier molecular flexibility index (Phi) is 8.73. The molecule has 0 radical (unpaired) electrons. The van der Waals surface area contributed by atoms with Crippen molar-refractivity contribution >= 4 is 18.3 Å². The molecule has 31 heavy (non-hydrogen) atoms. The predicted octanol–water partition coefficient (Wildman–Crippen LogP) is 5.12. The second kappa shape index (κ2) is 11.2. The zero-order valence-electron chi connectivity index (χ0n) is 18.5. The Morgan fingerprint density at radius 1 is 1.19 bits per heavy atom. The molecule has 0 fully saturated rings. The molecule has 0 heterocycles. The summed E-state index contributed by atoms with van der Waals surface area (Å²) >= 11 is 0. The minimum atomic E-state index is -0.927. The number of anilines is 1. The molecule has 2 aromatic carbocycles. The molecule has 0 saturated carbocycles. The van der Waals surface area contributed by atoms with Crippen LogP contribution in [0.4, 0.5) is 14.5 Å². The number of aliphatic imine (C=N–C) groups is 1. The van der Waals surface area contributed by atoms with E-state index in [1.165, 1.54) is 30.5 Å². The maximum Gasteiger partial charge on any atom is 0.312 e. The molecule has 1 amide bonds. The van der Waals surface area contributed by atoms with Crippen molar-refractivity contribution in [1.29, 1.82) is 0 Å². The molecule has 5 nitrogen and oxygen atoms in total. The van der Waals surface area contributed by atoms with Gasteiger partial charge in [0, 0.05) is 18.4 Å². The third-order valence-corrected chi connectivity index (χ3v) is 4.92. The van der Waals surface area contributed by atoms with Crippen LogP contribution in [0.2, 0.25) is 0 Å². The highest BCUT2D eigenvalue weighted by molar-refractivity contribution is 5.94. The lowest BCUT2D eigenvalue weighted by Gasteiger charge is -2.24. The van der Waals surface area contributed by atoms with E-state index in [1.807, 2.05) is 6.92 Å². The molecule has 0 unspecified atom stereocenters. The maximum absolute atomic E-state index is 13.7. The Bertz CT molecular complexity index is 974. The lowest BCUT2D eigenvalue weighted by molar-refractivity contribution is -0.117. The Labute approximate surface area is 182 Å². The summed E-state index contributed by atoms with van der Waals surface area (Å²) in [5.41, 5.74) is 5.10. The molecule has 0 spiro atoms. The van der Waals surface area contributed by atoms with Crippen molar-refractivity contribution in [3.05, 3.63) is 76.2 Å². The molecule has 2 aromatic rings. The van der Waals surface area contributed by atoms with Crippen LogP contribution < -0.4 is 5.32 Å². The Balaban J connectivity index is 2.31. The third-order valence-electron chi connectivity index (χ3n) is 4.92. The molecule has 2 rings (SSSR count). The zero-order valence-corrected chi connectivity index (χ0v) is 18.5. The van der Waals surface area contributed by atoms with E-state index in [-0.39, 0.29) is 12.3 Å². The lowest BCUT2D eigenvalue weighted by atomic mass is 10.0. The SMILES string of the molecule is C=NC(=O)/C(=C\N(CNc1cc(CCC)c(C)cc1C)Cc1ccc(F)c(F)c1)OC. The van der Waals surface area contributed by atoms with Crippen LogP contribution in [0.15, 0.2) is 47.3 Å². The van der Waals surface area contributed by atoms with Gasteiger partial charge in [-0.15, -0.1) is 0 Å². The number of nitrogens with one attached hydrogen (secondary N) is 1. The number of carbonyl (C=O) groups excluding carboxylic acids is 1. The van der Waals surface area contributed by atoms with Crippen LogP contribution in [0, 0.1) is 25.5 Å². The number of methoxy groups -OCH3 is 1. The number of benzene rings is 2. The van der Waals surface area contributed by atoms with E-state index >= 15 is 0 Å². The van der Waals surface area contributed by atoms with Gasteiger partial charge in [-0.1, -0.05) is 25.5 Å². The van der Waals surface area contributed by atoms with Crippen LogP contribution >= 0.6 is 0 Å². The molecule has 0 aliphatic rings. The van der Waals surface area contributed by atoms with Crippen molar-refractivity contribution in [2.75, 3.05) is 19.1 Å². The first-order valence-corrected chi connectivity index (χ1v) is 10.1. The molecule has 0 atom stereocenters. The highest BCUT2D eigenvalue weighted by Gasteiger charge is 2.13. The topological polar surface area (TPSA) is 53.9 Å². The van der Waals surface area contributed by atoms with E-state index < -0.39 is 17.5 Å². The molecular weight excluding hydrogens is 400 g/mol. The number of hydrogen-bond acceptors (Lipinski definition) is 4. The monoisotopic (exact) mass is 429 g/mol. The largest absolute Gasteiger partial charge is 0.490 e. The van der Waals surface area contributed by atoms with Gasteiger partial charge in [0.05, 0.1) is 13.8 Å². The van der Waals surface area contributed by atoms with Gasteiger partial charge in [-0.05, 0) is 67.4 Å².